The third-order valence-electron chi connectivity index (χ3n) is 0.719. The number of rotatable bonds is 4. The van der Waals surface area contributed by atoms with Crippen molar-refractivity contribution in [1.82, 2.24) is 0 Å². The van der Waals surface area contributed by atoms with Crippen LogP contribution in [-0.2, 0) is 9.53 Å². The maximum Gasteiger partial charge on any atom is 0.294 e. The highest BCUT2D eigenvalue weighted by atomic mass is 127. The summed E-state index contributed by atoms with van der Waals surface area (Å²) in [4.78, 5) is 9.66. The summed E-state index contributed by atoms with van der Waals surface area (Å²) in [7, 11) is 0. The Hall–Kier alpha value is 0.200. The van der Waals surface area contributed by atoms with E-state index in [0.717, 1.165) is 12.8 Å². The fraction of sp³-hybridized carbons (Fsp3) is 0.800. The molecule has 0 saturated heterocycles. The summed E-state index contributed by atoms with van der Waals surface area (Å²) >= 11 is 2.09. The first-order valence-corrected chi connectivity index (χ1v) is 3.79. The molecule has 0 aliphatic rings. The average Bonchev–Trinajstić information content (AvgIpc) is 1.68. The molecule has 0 heterocycles. The van der Waals surface area contributed by atoms with Crippen LogP contribution >= 0.6 is 22.6 Å². The Balaban J connectivity index is 3.03. The Morgan fingerprint density at radius 2 is 2.50 bits per heavy atom. The van der Waals surface area contributed by atoms with Crippen molar-refractivity contribution in [2.24, 2.45) is 0 Å². The third kappa shape index (κ3) is 4.36. The summed E-state index contributed by atoms with van der Waals surface area (Å²) < 4.78 is 4.65. The fourth-order valence-corrected chi connectivity index (χ4v) is 1.10. The van der Waals surface area contributed by atoms with Crippen molar-refractivity contribution < 1.29 is 9.53 Å². The number of hydrogen-bond acceptors (Lipinski definition) is 2. The predicted octanol–water partition coefficient (Wildman–Crippen LogP) is 1.72. The lowest BCUT2D eigenvalue weighted by Crippen LogP contribution is -2.00. The molecule has 48 valence electrons. The summed E-state index contributed by atoms with van der Waals surface area (Å²) in [5, 5.41) is 0. The van der Waals surface area contributed by atoms with E-state index < -0.39 is 0 Å². The average molecular weight is 228 g/mol. The molecule has 0 amide bonds. The largest absolute Gasteiger partial charge is 0.454 e. The van der Waals surface area contributed by atoms with Crippen LogP contribution in [0.5, 0.6) is 0 Å². The fourth-order valence-electron chi connectivity index (χ4n) is 0.355. The van der Waals surface area contributed by atoms with Gasteiger partial charge in [0.15, 0.2) is 4.11 Å². The van der Waals surface area contributed by atoms with Crippen molar-refractivity contribution in [1.29, 1.82) is 0 Å². The zero-order chi connectivity index (χ0) is 6.41. The second-order valence-corrected chi connectivity index (χ2v) is 2.82. The van der Waals surface area contributed by atoms with E-state index in [4.69, 9.17) is 0 Å². The third-order valence-corrected chi connectivity index (χ3v) is 1.64. The van der Waals surface area contributed by atoms with Crippen LogP contribution in [0.15, 0.2) is 0 Å². The topological polar surface area (TPSA) is 26.3 Å². The molecule has 0 bridgehead atoms. The Labute approximate surface area is 62.7 Å². The molecule has 0 aromatic rings. The van der Waals surface area contributed by atoms with E-state index >= 15 is 0 Å². The highest BCUT2D eigenvalue weighted by Crippen LogP contribution is 2.07. The summed E-state index contributed by atoms with van der Waals surface area (Å²) in [6.07, 6.45) is 2.00. The number of carbonyl (C=O) groups excluding carboxylic acids is 1. The van der Waals surface area contributed by atoms with E-state index in [0.29, 0.717) is 6.47 Å². The first kappa shape index (κ1) is 8.20. The Bertz CT molecular complexity index is 65.4. The standard InChI is InChI=1S/C5H9IO2/c1-2-3-5(6)8-4-7/h4-5H,2-3H2,1H3. The highest BCUT2D eigenvalue weighted by molar-refractivity contribution is 14.1. The molecule has 2 nitrogen and oxygen atoms in total. The van der Waals surface area contributed by atoms with Gasteiger partial charge < -0.3 is 4.74 Å². The zero-order valence-electron chi connectivity index (χ0n) is 4.76. The molecule has 0 fully saturated rings. The molecule has 0 aromatic heterocycles. The predicted molar refractivity (Wildman–Crippen MR) is 39.9 cm³/mol. The van der Waals surface area contributed by atoms with Gasteiger partial charge in [-0.2, -0.15) is 0 Å². The van der Waals surface area contributed by atoms with Crippen molar-refractivity contribution in [2.45, 2.75) is 23.9 Å². The van der Waals surface area contributed by atoms with Crippen molar-refractivity contribution in [3.8, 4) is 0 Å². The zero-order valence-corrected chi connectivity index (χ0v) is 6.92. The Morgan fingerprint density at radius 3 is 2.88 bits per heavy atom. The van der Waals surface area contributed by atoms with E-state index in [2.05, 4.69) is 34.3 Å². The van der Waals surface area contributed by atoms with Gasteiger partial charge in [0.2, 0.25) is 0 Å². The molecule has 0 aliphatic carbocycles. The first-order chi connectivity index (χ1) is 3.81. The summed E-state index contributed by atoms with van der Waals surface area (Å²) in [5.74, 6) is 0. The number of hydrogen-bond donors (Lipinski definition) is 0. The van der Waals surface area contributed by atoms with Gasteiger partial charge in [-0.3, -0.25) is 4.79 Å². The summed E-state index contributed by atoms with van der Waals surface area (Å²) in [6.45, 7) is 2.55. The van der Waals surface area contributed by atoms with Crippen LogP contribution < -0.4 is 0 Å². The lowest BCUT2D eigenvalue weighted by atomic mass is 10.4. The van der Waals surface area contributed by atoms with Gasteiger partial charge >= 0.3 is 0 Å². The molecule has 0 saturated carbocycles. The van der Waals surface area contributed by atoms with Gasteiger partial charge in [-0.1, -0.05) is 13.3 Å². The van der Waals surface area contributed by atoms with Gasteiger partial charge in [-0.05, 0) is 29.0 Å². The van der Waals surface area contributed by atoms with Crippen LogP contribution in [0.3, 0.4) is 0 Å². The monoisotopic (exact) mass is 228 g/mol. The van der Waals surface area contributed by atoms with Crippen LogP contribution in [0, 0.1) is 0 Å². The molecule has 0 rings (SSSR count). The normalized spacial score (nSPS) is 12.8. The number of halogens is 1. The molecule has 0 N–H and O–H groups in total. The van der Waals surface area contributed by atoms with Gasteiger partial charge in [-0.25, -0.2) is 0 Å². The minimum atomic E-state index is 0.0649. The van der Waals surface area contributed by atoms with Crippen molar-refractivity contribution >= 4 is 29.1 Å². The van der Waals surface area contributed by atoms with Crippen LogP contribution in [0.25, 0.3) is 0 Å². The summed E-state index contributed by atoms with van der Waals surface area (Å²) in [5.41, 5.74) is 0. The van der Waals surface area contributed by atoms with Crippen molar-refractivity contribution in [3.63, 3.8) is 0 Å². The molecule has 3 heteroatoms. The Kier molecular flexibility index (Phi) is 5.47. The number of carbonyl (C=O) groups is 1. The maximum absolute atomic E-state index is 9.66. The van der Waals surface area contributed by atoms with Crippen LogP contribution in [0.2, 0.25) is 0 Å². The Morgan fingerprint density at radius 1 is 1.88 bits per heavy atom. The van der Waals surface area contributed by atoms with E-state index in [1.165, 1.54) is 0 Å². The van der Waals surface area contributed by atoms with Crippen molar-refractivity contribution in [3.05, 3.63) is 0 Å². The lowest BCUT2D eigenvalue weighted by Gasteiger charge is -2.02. The quantitative estimate of drug-likeness (QED) is 0.416. The van der Waals surface area contributed by atoms with E-state index in [1.54, 1.807) is 0 Å². The van der Waals surface area contributed by atoms with Gasteiger partial charge in [0.1, 0.15) is 0 Å². The number of ether oxygens (including phenoxy) is 1. The molecule has 8 heavy (non-hydrogen) atoms. The molecule has 1 atom stereocenters. The van der Waals surface area contributed by atoms with E-state index in [-0.39, 0.29) is 4.11 Å². The molecule has 0 radical (unpaired) electrons. The van der Waals surface area contributed by atoms with Crippen LogP contribution in [-0.4, -0.2) is 10.6 Å². The molecular weight excluding hydrogens is 219 g/mol. The van der Waals surface area contributed by atoms with Gasteiger partial charge in [0.25, 0.3) is 6.47 Å². The second-order valence-electron chi connectivity index (χ2n) is 1.43. The van der Waals surface area contributed by atoms with Crippen LogP contribution in [0.1, 0.15) is 19.8 Å². The van der Waals surface area contributed by atoms with Gasteiger partial charge in [0, 0.05) is 0 Å². The van der Waals surface area contributed by atoms with E-state index in [9.17, 15) is 4.79 Å². The van der Waals surface area contributed by atoms with E-state index in [1.807, 2.05) is 0 Å². The first-order valence-electron chi connectivity index (χ1n) is 2.54. The SMILES string of the molecule is CCCC(I)OC=O. The van der Waals surface area contributed by atoms with Gasteiger partial charge in [-0.15, -0.1) is 0 Å². The molecule has 0 spiro atoms. The lowest BCUT2D eigenvalue weighted by molar-refractivity contribution is -0.129. The molecule has 0 aliphatic heterocycles. The minimum Gasteiger partial charge on any atom is -0.454 e. The van der Waals surface area contributed by atoms with Crippen molar-refractivity contribution in [2.75, 3.05) is 0 Å². The summed E-state index contributed by atoms with van der Waals surface area (Å²) in [6, 6.07) is 0. The molecule has 0 aromatic carbocycles. The molecule has 1 unspecified atom stereocenters. The minimum absolute atomic E-state index is 0.0649. The maximum atomic E-state index is 9.66. The highest BCUT2D eigenvalue weighted by Gasteiger charge is 1.98. The smallest absolute Gasteiger partial charge is 0.294 e. The number of alkyl halides is 1. The molecular formula is C5H9IO2. The van der Waals surface area contributed by atoms with Crippen LogP contribution in [0.4, 0.5) is 0 Å². The van der Waals surface area contributed by atoms with Gasteiger partial charge in [0.05, 0.1) is 0 Å². The second kappa shape index (κ2) is 5.34.